The number of halogens is 1. The number of amides is 2. The monoisotopic (exact) mass is 428 g/mol. The fraction of sp³-hybridized carbons (Fsp3) is 0.200. The summed E-state index contributed by atoms with van der Waals surface area (Å²) in [5.41, 5.74) is 5.17. The van der Waals surface area contributed by atoms with Gasteiger partial charge in [-0.15, -0.1) is 0 Å². The maximum absolute atomic E-state index is 12.1. The highest BCUT2D eigenvalue weighted by atomic mass is 79.9. The second-order valence-electron chi connectivity index (χ2n) is 5.37. The Morgan fingerprint density at radius 3 is 2.12 bits per heavy atom. The lowest BCUT2D eigenvalue weighted by molar-refractivity contribution is 0.0842. The minimum Gasteiger partial charge on any atom is -0.345 e. The fourth-order valence-corrected chi connectivity index (χ4v) is 3.41. The van der Waals surface area contributed by atoms with Gasteiger partial charge in [0, 0.05) is 37.4 Å². The first-order valence-electron chi connectivity index (χ1n) is 7.08. The van der Waals surface area contributed by atoms with E-state index >= 15 is 0 Å². The molecule has 0 aliphatic heterocycles. The smallest absolute Gasteiger partial charge is 0.286 e. The van der Waals surface area contributed by atoms with Gasteiger partial charge in [-0.25, -0.2) is 12.7 Å². The molecule has 1 aromatic carbocycles. The van der Waals surface area contributed by atoms with Crippen molar-refractivity contribution in [2.24, 2.45) is 7.05 Å². The highest BCUT2D eigenvalue weighted by molar-refractivity contribution is 9.10. The molecule has 0 spiro atoms. The highest BCUT2D eigenvalue weighted by Crippen LogP contribution is 2.14. The maximum atomic E-state index is 12.1. The largest absolute Gasteiger partial charge is 0.345 e. The molecule has 1 aromatic heterocycles. The van der Waals surface area contributed by atoms with Crippen LogP contribution in [0.2, 0.25) is 0 Å². The van der Waals surface area contributed by atoms with Crippen LogP contribution in [-0.2, 0) is 17.1 Å². The molecule has 2 aromatic rings. The summed E-state index contributed by atoms with van der Waals surface area (Å²) in [5, 5.41) is 0. The van der Waals surface area contributed by atoms with Gasteiger partial charge in [-0.2, -0.15) is 0 Å². The van der Waals surface area contributed by atoms with Gasteiger partial charge in [0.15, 0.2) is 0 Å². The van der Waals surface area contributed by atoms with Crippen LogP contribution < -0.4 is 10.9 Å². The predicted molar refractivity (Wildman–Crippen MR) is 95.4 cm³/mol. The standard InChI is InChI=1S/C15H17BrN4O4S/c1-19(2)25(23,24)12-6-4-10(5-7-12)14(21)17-18-15(22)13-8-11(16)9-20(13)3/h4-9H,1-3H3,(H,17,21)(H,18,22). The van der Waals surface area contributed by atoms with Crippen molar-refractivity contribution in [1.29, 1.82) is 0 Å². The van der Waals surface area contributed by atoms with E-state index < -0.39 is 21.8 Å². The molecule has 8 nitrogen and oxygen atoms in total. The van der Waals surface area contributed by atoms with Gasteiger partial charge in [0.1, 0.15) is 5.69 Å². The summed E-state index contributed by atoms with van der Waals surface area (Å²) in [5.74, 6) is -1.04. The molecule has 10 heteroatoms. The van der Waals surface area contributed by atoms with Crippen molar-refractivity contribution < 1.29 is 18.0 Å². The summed E-state index contributed by atoms with van der Waals surface area (Å²) in [6.07, 6.45) is 1.71. The van der Waals surface area contributed by atoms with E-state index in [1.54, 1.807) is 23.9 Å². The molecule has 0 fully saturated rings. The number of carbonyl (C=O) groups is 2. The van der Waals surface area contributed by atoms with E-state index in [1.807, 2.05) is 0 Å². The lowest BCUT2D eigenvalue weighted by Gasteiger charge is -2.12. The molecule has 2 rings (SSSR count). The number of hydrazine groups is 1. The van der Waals surface area contributed by atoms with Gasteiger partial charge in [-0.3, -0.25) is 20.4 Å². The van der Waals surface area contributed by atoms with Crippen LogP contribution in [0.3, 0.4) is 0 Å². The van der Waals surface area contributed by atoms with E-state index in [0.717, 1.165) is 8.78 Å². The number of rotatable bonds is 4. The van der Waals surface area contributed by atoms with Gasteiger partial charge in [0.25, 0.3) is 11.8 Å². The molecular weight excluding hydrogens is 412 g/mol. The van der Waals surface area contributed by atoms with Gasteiger partial charge in [0.05, 0.1) is 4.90 Å². The fourth-order valence-electron chi connectivity index (χ4n) is 1.99. The van der Waals surface area contributed by atoms with Crippen molar-refractivity contribution in [3.63, 3.8) is 0 Å². The predicted octanol–water partition coefficient (Wildman–Crippen LogP) is 1.11. The zero-order valence-corrected chi connectivity index (χ0v) is 16.2. The van der Waals surface area contributed by atoms with Gasteiger partial charge in [0.2, 0.25) is 10.0 Å². The quantitative estimate of drug-likeness (QED) is 0.712. The van der Waals surface area contributed by atoms with Gasteiger partial charge in [-0.05, 0) is 46.3 Å². The van der Waals surface area contributed by atoms with Crippen molar-refractivity contribution in [3.05, 3.63) is 52.3 Å². The van der Waals surface area contributed by atoms with E-state index in [1.165, 1.54) is 38.4 Å². The molecule has 2 N–H and O–H groups in total. The molecule has 0 unspecified atom stereocenters. The van der Waals surface area contributed by atoms with E-state index in [0.29, 0.717) is 5.69 Å². The van der Waals surface area contributed by atoms with Crippen LogP contribution in [0.5, 0.6) is 0 Å². The molecule has 0 saturated heterocycles. The van der Waals surface area contributed by atoms with Crippen LogP contribution in [0.15, 0.2) is 45.9 Å². The first-order chi connectivity index (χ1) is 11.6. The van der Waals surface area contributed by atoms with Crippen LogP contribution in [0.1, 0.15) is 20.8 Å². The Kier molecular flexibility index (Phi) is 5.65. The van der Waals surface area contributed by atoms with E-state index in [-0.39, 0.29) is 10.5 Å². The van der Waals surface area contributed by atoms with Crippen molar-refractivity contribution in [2.45, 2.75) is 4.90 Å². The summed E-state index contributed by atoms with van der Waals surface area (Å²) in [6.45, 7) is 0. The number of hydrogen-bond acceptors (Lipinski definition) is 4. The number of aromatic nitrogens is 1. The first-order valence-corrected chi connectivity index (χ1v) is 9.31. The third-order valence-corrected chi connectivity index (χ3v) is 5.65. The topological polar surface area (TPSA) is 101 Å². The molecular formula is C15H17BrN4O4S. The molecule has 0 radical (unpaired) electrons. The second-order valence-corrected chi connectivity index (χ2v) is 8.44. The third kappa shape index (κ3) is 4.27. The molecule has 0 aliphatic carbocycles. The SMILES string of the molecule is CN(C)S(=O)(=O)c1ccc(C(=O)NNC(=O)c2cc(Br)cn2C)cc1. The summed E-state index contributed by atoms with van der Waals surface area (Å²) in [6, 6.07) is 7.02. The van der Waals surface area contributed by atoms with Crippen LogP contribution in [-0.4, -0.2) is 43.2 Å². The van der Waals surface area contributed by atoms with Crippen LogP contribution in [0.4, 0.5) is 0 Å². The van der Waals surface area contributed by atoms with Crippen molar-refractivity contribution in [2.75, 3.05) is 14.1 Å². The Morgan fingerprint density at radius 1 is 1.08 bits per heavy atom. The van der Waals surface area contributed by atoms with Crippen LogP contribution in [0, 0.1) is 0 Å². The minimum atomic E-state index is -3.56. The number of nitrogens with one attached hydrogen (secondary N) is 2. The number of hydrogen-bond donors (Lipinski definition) is 2. The Morgan fingerprint density at radius 2 is 1.64 bits per heavy atom. The number of nitrogens with zero attached hydrogens (tertiary/aromatic N) is 2. The third-order valence-electron chi connectivity index (χ3n) is 3.39. The molecule has 2 amide bonds. The van der Waals surface area contributed by atoms with Crippen molar-refractivity contribution in [3.8, 4) is 0 Å². The van der Waals surface area contributed by atoms with Crippen molar-refractivity contribution >= 4 is 37.8 Å². The zero-order chi connectivity index (χ0) is 18.8. The zero-order valence-electron chi connectivity index (χ0n) is 13.8. The average molecular weight is 429 g/mol. The first kappa shape index (κ1) is 19.2. The lowest BCUT2D eigenvalue weighted by Crippen LogP contribution is -2.42. The Balaban J connectivity index is 2.04. The van der Waals surface area contributed by atoms with E-state index in [9.17, 15) is 18.0 Å². The molecule has 25 heavy (non-hydrogen) atoms. The van der Waals surface area contributed by atoms with Gasteiger partial charge < -0.3 is 4.57 Å². The molecule has 0 atom stereocenters. The van der Waals surface area contributed by atoms with Crippen molar-refractivity contribution in [1.82, 2.24) is 19.7 Å². The Hall–Kier alpha value is -2.17. The molecule has 0 bridgehead atoms. The molecule has 0 aliphatic rings. The van der Waals surface area contributed by atoms with Gasteiger partial charge >= 0.3 is 0 Å². The highest BCUT2D eigenvalue weighted by Gasteiger charge is 2.18. The summed E-state index contributed by atoms with van der Waals surface area (Å²) >= 11 is 3.26. The number of carbonyl (C=O) groups excluding carboxylic acids is 2. The van der Waals surface area contributed by atoms with Gasteiger partial charge in [-0.1, -0.05) is 0 Å². The summed E-state index contributed by atoms with van der Waals surface area (Å²) < 4.78 is 27.4. The number of benzene rings is 1. The Bertz CT molecular complexity index is 904. The second kappa shape index (κ2) is 7.38. The number of aryl methyl sites for hydroxylation is 1. The van der Waals surface area contributed by atoms with E-state index in [4.69, 9.17) is 0 Å². The van der Waals surface area contributed by atoms with Crippen LogP contribution in [0.25, 0.3) is 0 Å². The molecule has 1 heterocycles. The number of sulfonamides is 1. The van der Waals surface area contributed by atoms with Crippen LogP contribution >= 0.6 is 15.9 Å². The summed E-state index contributed by atoms with van der Waals surface area (Å²) in [4.78, 5) is 24.2. The molecule has 134 valence electrons. The Labute approximate surface area is 154 Å². The normalized spacial score (nSPS) is 11.4. The lowest BCUT2D eigenvalue weighted by atomic mass is 10.2. The van der Waals surface area contributed by atoms with E-state index in [2.05, 4.69) is 26.8 Å². The summed E-state index contributed by atoms with van der Waals surface area (Å²) in [7, 11) is 0.989. The maximum Gasteiger partial charge on any atom is 0.286 e. The minimum absolute atomic E-state index is 0.0757. The average Bonchev–Trinajstić information content (AvgIpc) is 2.90. The molecule has 0 saturated carbocycles.